The lowest BCUT2D eigenvalue weighted by atomic mass is 9.77. The van der Waals surface area contributed by atoms with Crippen LogP contribution in [0, 0.1) is 5.41 Å². The molecule has 1 saturated carbocycles. The SMILES string of the molecule is CNC(=O)COc1cc2cc(Nc3nc(N4CCC(OC5CC(N6CCC7(CCN(c8ccc9c(c8)C(=O)N(C8CCC(=O)NC8=O)C9=O)CC7)C6)C5)CC4)ncc3Cl)ccc2n(C(C)C)c1=O. The Labute approximate surface area is 398 Å². The first-order valence-electron chi connectivity index (χ1n) is 23.8. The number of benzene rings is 2. The molecule has 5 aliphatic heterocycles. The fourth-order valence-electron chi connectivity index (χ4n) is 11.0. The van der Waals surface area contributed by atoms with Crippen LogP contribution in [0.4, 0.5) is 23.1 Å². The minimum Gasteiger partial charge on any atom is -0.478 e. The number of imide groups is 2. The van der Waals surface area contributed by atoms with Gasteiger partial charge in [0.1, 0.15) is 11.1 Å². The number of halogens is 1. The molecule has 358 valence electrons. The number of amides is 5. The molecule has 4 saturated heterocycles. The number of fused-ring (bicyclic) bond motifs is 2. The van der Waals surface area contributed by atoms with Crippen molar-refractivity contribution < 1.29 is 33.4 Å². The van der Waals surface area contributed by atoms with Crippen LogP contribution >= 0.6 is 11.6 Å². The van der Waals surface area contributed by atoms with Gasteiger partial charge in [-0.3, -0.25) is 43.9 Å². The summed E-state index contributed by atoms with van der Waals surface area (Å²) in [4.78, 5) is 93.5. The van der Waals surface area contributed by atoms with Gasteiger partial charge in [-0.15, -0.1) is 0 Å². The number of anilines is 4. The number of nitrogens with zero attached hydrogens (tertiary/aromatic N) is 7. The summed E-state index contributed by atoms with van der Waals surface area (Å²) < 4.78 is 13.9. The summed E-state index contributed by atoms with van der Waals surface area (Å²) in [6.45, 7) is 9.02. The molecule has 1 spiro atoms. The molecule has 2 aromatic heterocycles. The number of hydrogen-bond acceptors (Lipinski definition) is 14. The molecule has 1 aliphatic carbocycles. The molecule has 19 heteroatoms. The fourth-order valence-corrected chi connectivity index (χ4v) is 11.1. The van der Waals surface area contributed by atoms with Crippen molar-refractivity contribution in [3.05, 3.63) is 75.2 Å². The standard InChI is InChI=1S/C49H57ClN10O8/c1-28(2)59-38-7-4-30(20-29(38)21-40(47(59)66)67-26-42(62)51-3)53-43-37(50)25-52-48(55-43)57-15-10-33(11-16-57)68-34-22-32(23-34)58-19-14-49(27-58)12-17-56(18-13-49)31-5-6-35-36(24-31)46(65)60(45(35)64)39-8-9-41(61)54-44(39)63/h4-7,20-21,24-25,28,32-34,39H,8-19,22-23,26-27H2,1-3H3,(H,51,62)(H,52,53,55)(H,54,61,63). The van der Waals surface area contributed by atoms with Crippen molar-refractivity contribution in [2.75, 3.05) is 68.0 Å². The molecule has 10 rings (SSSR count). The van der Waals surface area contributed by atoms with E-state index < -0.39 is 23.8 Å². The predicted octanol–water partition coefficient (Wildman–Crippen LogP) is 4.80. The van der Waals surface area contributed by atoms with E-state index in [0.29, 0.717) is 39.6 Å². The van der Waals surface area contributed by atoms with E-state index in [4.69, 9.17) is 26.1 Å². The largest absolute Gasteiger partial charge is 0.478 e. The second-order valence-corrected chi connectivity index (χ2v) is 19.9. The Hall–Kier alpha value is -6.11. The zero-order chi connectivity index (χ0) is 47.4. The highest BCUT2D eigenvalue weighted by Crippen LogP contribution is 2.45. The highest BCUT2D eigenvalue weighted by atomic mass is 35.5. The minimum absolute atomic E-state index is 0.0919. The molecule has 68 heavy (non-hydrogen) atoms. The molecule has 3 N–H and O–H groups in total. The zero-order valence-corrected chi connectivity index (χ0v) is 39.3. The molecule has 2 aromatic carbocycles. The first-order chi connectivity index (χ1) is 32.8. The van der Waals surface area contributed by atoms with E-state index in [2.05, 4.69) is 35.6 Å². The molecule has 4 aromatic rings. The van der Waals surface area contributed by atoms with Gasteiger partial charge in [0.05, 0.1) is 35.0 Å². The molecule has 6 aliphatic rings. The van der Waals surface area contributed by atoms with E-state index in [-0.39, 0.29) is 66.2 Å². The van der Waals surface area contributed by atoms with Gasteiger partial charge in [0, 0.05) is 75.0 Å². The molecule has 0 bridgehead atoms. The maximum Gasteiger partial charge on any atom is 0.293 e. The van der Waals surface area contributed by atoms with Gasteiger partial charge in [-0.2, -0.15) is 4.98 Å². The van der Waals surface area contributed by atoms with E-state index >= 15 is 0 Å². The number of carbonyl (C=O) groups excluding carboxylic acids is 5. The average molecular weight is 950 g/mol. The highest BCUT2D eigenvalue weighted by Gasteiger charge is 2.47. The van der Waals surface area contributed by atoms with Crippen LogP contribution < -0.4 is 36.0 Å². The van der Waals surface area contributed by atoms with E-state index in [9.17, 15) is 28.8 Å². The summed E-state index contributed by atoms with van der Waals surface area (Å²) in [5.41, 5.74) is 2.94. The summed E-state index contributed by atoms with van der Waals surface area (Å²) in [5.74, 6) is -1.14. The van der Waals surface area contributed by atoms with Crippen LogP contribution in [0.25, 0.3) is 10.9 Å². The molecule has 0 radical (unpaired) electrons. The fraction of sp³-hybridized carbons (Fsp3) is 0.510. The smallest absolute Gasteiger partial charge is 0.293 e. The lowest BCUT2D eigenvalue weighted by molar-refractivity contribution is -0.136. The summed E-state index contributed by atoms with van der Waals surface area (Å²) in [5, 5.41) is 9.23. The van der Waals surface area contributed by atoms with E-state index in [1.165, 1.54) is 13.5 Å². The lowest BCUT2D eigenvalue weighted by Crippen LogP contribution is -2.54. The van der Waals surface area contributed by atoms with Crippen LogP contribution in [0.1, 0.15) is 98.4 Å². The van der Waals surface area contributed by atoms with Gasteiger partial charge in [-0.1, -0.05) is 11.6 Å². The van der Waals surface area contributed by atoms with Crippen LogP contribution in [-0.2, 0) is 19.1 Å². The summed E-state index contributed by atoms with van der Waals surface area (Å²) in [7, 11) is 1.51. The normalized spacial score (nSPS) is 23.1. The van der Waals surface area contributed by atoms with Gasteiger partial charge < -0.3 is 34.5 Å². The van der Waals surface area contributed by atoms with Gasteiger partial charge >= 0.3 is 0 Å². The number of ether oxygens (including phenoxy) is 2. The maximum atomic E-state index is 13.4. The Kier molecular flexibility index (Phi) is 12.4. The van der Waals surface area contributed by atoms with Crippen molar-refractivity contribution in [2.45, 2.75) is 102 Å². The molecular formula is C49H57ClN10O8. The Bertz CT molecular complexity index is 2740. The topological polar surface area (TPSA) is 201 Å². The van der Waals surface area contributed by atoms with Gasteiger partial charge in [0.2, 0.25) is 17.8 Å². The van der Waals surface area contributed by atoms with Gasteiger partial charge in [0.15, 0.2) is 18.2 Å². The Balaban J connectivity index is 0.685. The second-order valence-electron chi connectivity index (χ2n) is 19.5. The van der Waals surface area contributed by atoms with Crippen LogP contribution in [0.15, 0.2) is 53.5 Å². The van der Waals surface area contributed by atoms with Crippen LogP contribution in [0.2, 0.25) is 5.02 Å². The number of rotatable bonds is 12. The molecule has 5 fully saturated rings. The van der Waals surface area contributed by atoms with Gasteiger partial charge in [0.25, 0.3) is 23.3 Å². The van der Waals surface area contributed by atoms with Crippen molar-refractivity contribution in [3.8, 4) is 5.75 Å². The molecular weight excluding hydrogens is 892 g/mol. The number of carbonyl (C=O) groups is 5. The van der Waals surface area contributed by atoms with Crippen LogP contribution in [0.3, 0.4) is 0 Å². The quantitative estimate of drug-likeness (QED) is 0.164. The third-order valence-electron chi connectivity index (χ3n) is 14.9. The van der Waals surface area contributed by atoms with Crippen molar-refractivity contribution in [2.24, 2.45) is 5.41 Å². The van der Waals surface area contributed by atoms with Crippen molar-refractivity contribution >= 4 is 75.2 Å². The monoisotopic (exact) mass is 948 g/mol. The number of pyridine rings is 1. The van der Waals surface area contributed by atoms with E-state index in [1.807, 2.05) is 38.1 Å². The third-order valence-corrected chi connectivity index (χ3v) is 15.2. The third kappa shape index (κ3) is 8.77. The zero-order valence-electron chi connectivity index (χ0n) is 38.6. The van der Waals surface area contributed by atoms with Crippen molar-refractivity contribution in [1.29, 1.82) is 0 Å². The molecule has 5 amide bonds. The summed E-state index contributed by atoms with van der Waals surface area (Å²) in [6.07, 6.45) is 9.40. The number of aromatic nitrogens is 3. The Morgan fingerprint density at radius 1 is 0.897 bits per heavy atom. The molecule has 1 unspecified atom stereocenters. The van der Waals surface area contributed by atoms with E-state index in [1.54, 1.807) is 29.0 Å². The van der Waals surface area contributed by atoms with Gasteiger partial charge in [-0.25, -0.2) is 4.98 Å². The Morgan fingerprint density at radius 2 is 1.65 bits per heavy atom. The predicted molar refractivity (Wildman–Crippen MR) is 255 cm³/mol. The maximum absolute atomic E-state index is 13.4. The summed E-state index contributed by atoms with van der Waals surface area (Å²) in [6, 6.07) is 12.1. The van der Waals surface area contributed by atoms with Crippen molar-refractivity contribution in [3.63, 3.8) is 0 Å². The number of hydrogen-bond donors (Lipinski definition) is 3. The molecule has 7 heterocycles. The van der Waals surface area contributed by atoms with Crippen LogP contribution in [-0.4, -0.2) is 131 Å². The van der Waals surface area contributed by atoms with Gasteiger partial charge in [-0.05, 0) is 120 Å². The lowest BCUT2D eigenvalue weighted by Gasteiger charge is -2.45. The number of piperidine rings is 3. The highest BCUT2D eigenvalue weighted by molar-refractivity contribution is 6.33. The molecule has 18 nitrogen and oxygen atoms in total. The summed E-state index contributed by atoms with van der Waals surface area (Å²) >= 11 is 6.62. The first kappa shape index (κ1) is 45.7. The minimum atomic E-state index is -0.974. The van der Waals surface area contributed by atoms with Crippen LogP contribution in [0.5, 0.6) is 5.75 Å². The van der Waals surface area contributed by atoms with E-state index in [0.717, 1.165) is 99.3 Å². The first-order valence-corrected chi connectivity index (χ1v) is 24.2. The molecule has 1 atom stereocenters. The van der Waals surface area contributed by atoms with Crippen molar-refractivity contribution in [1.82, 2.24) is 35.0 Å². The number of nitrogens with one attached hydrogen (secondary N) is 3. The second kappa shape index (κ2) is 18.4. The number of likely N-dealkylation sites (N-methyl/N-ethyl adjacent to an activating group) is 1. The Morgan fingerprint density at radius 3 is 2.38 bits per heavy atom. The number of likely N-dealkylation sites (tertiary alicyclic amines) is 1. The average Bonchev–Trinajstić information content (AvgIpc) is 3.83.